The lowest BCUT2D eigenvalue weighted by Crippen LogP contribution is -1.96. The van der Waals surface area contributed by atoms with E-state index >= 15 is 0 Å². The summed E-state index contributed by atoms with van der Waals surface area (Å²) in [4.78, 5) is 4.43. The number of para-hydroxylation sites is 1. The molecule has 26 heavy (non-hydrogen) atoms. The molecule has 0 amide bonds. The molecule has 0 unspecified atom stereocenters. The SMILES string of the molecule is COc1cc(/C(C#N)=C/c2cnc3ccccc3c2)cc(OC)c1OC. The highest BCUT2D eigenvalue weighted by atomic mass is 16.5. The number of methoxy groups -OCH3 is 3. The van der Waals surface area contributed by atoms with Crippen LogP contribution in [-0.4, -0.2) is 26.3 Å². The summed E-state index contributed by atoms with van der Waals surface area (Å²) in [5, 5.41) is 10.7. The summed E-state index contributed by atoms with van der Waals surface area (Å²) in [5.74, 6) is 1.49. The Hall–Kier alpha value is -3.52. The zero-order valence-electron chi connectivity index (χ0n) is 14.8. The Morgan fingerprint density at radius 2 is 1.69 bits per heavy atom. The molecule has 0 aliphatic rings. The number of ether oxygens (including phenoxy) is 3. The van der Waals surface area contributed by atoms with E-state index in [1.54, 1.807) is 45.7 Å². The highest BCUT2D eigenvalue weighted by Gasteiger charge is 2.15. The molecule has 0 N–H and O–H groups in total. The highest BCUT2D eigenvalue weighted by Crippen LogP contribution is 2.40. The Labute approximate surface area is 152 Å². The topological polar surface area (TPSA) is 64.4 Å². The van der Waals surface area contributed by atoms with Crippen LogP contribution in [0.5, 0.6) is 17.2 Å². The van der Waals surface area contributed by atoms with Gasteiger partial charge in [-0.05, 0) is 41.5 Å². The molecule has 0 aliphatic carbocycles. The Bertz CT molecular complexity index is 994. The third kappa shape index (κ3) is 3.31. The number of fused-ring (bicyclic) bond motifs is 1. The van der Waals surface area contributed by atoms with Crippen LogP contribution in [0.15, 0.2) is 48.7 Å². The summed E-state index contributed by atoms with van der Waals surface area (Å²) in [5.41, 5.74) is 2.90. The van der Waals surface area contributed by atoms with Gasteiger partial charge >= 0.3 is 0 Å². The number of allylic oxidation sites excluding steroid dienone is 1. The second-order valence-corrected chi connectivity index (χ2v) is 5.55. The molecular formula is C21H18N2O3. The molecule has 0 bridgehead atoms. The quantitative estimate of drug-likeness (QED) is 0.644. The molecule has 0 radical (unpaired) electrons. The van der Waals surface area contributed by atoms with Crippen LogP contribution in [0.1, 0.15) is 11.1 Å². The summed E-state index contributed by atoms with van der Waals surface area (Å²) < 4.78 is 16.1. The molecule has 1 aromatic heterocycles. The molecule has 5 nitrogen and oxygen atoms in total. The molecule has 0 atom stereocenters. The Balaban J connectivity index is 2.10. The van der Waals surface area contributed by atoms with Gasteiger partial charge in [0.2, 0.25) is 5.75 Å². The van der Waals surface area contributed by atoms with Gasteiger partial charge in [-0.1, -0.05) is 18.2 Å². The second-order valence-electron chi connectivity index (χ2n) is 5.55. The normalized spacial score (nSPS) is 11.1. The molecular weight excluding hydrogens is 328 g/mol. The molecule has 0 saturated heterocycles. The summed E-state index contributed by atoms with van der Waals surface area (Å²) in [7, 11) is 4.63. The molecule has 0 aliphatic heterocycles. The van der Waals surface area contributed by atoms with Gasteiger partial charge in [0.1, 0.15) is 0 Å². The maximum Gasteiger partial charge on any atom is 0.203 e. The first kappa shape index (κ1) is 17.3. The van der Waals surface area contributed by atoms with Crippen LogP contribution >= 0.6 is 0 Å². The minimum absolute atomic E-state index is 0.473. The first-order valence-electron chi connectivity index (χ1n) is 7.97. The first-order valence-corrected chi connectivity index (χ1v) is 7.97. The van der Waals surface area contributed by atoms with Crippen LogP contribution < -0.4 is 14.2 Å². The van der Waals surface area contributed by atoms with Gasteiger partial charge in [-0.2, -0.15) is 5.26 Å². The number of aromatic nitrogens is 1. The lowest BCUT2D eigenvalue weighted by Gasteiger charge is -2.13. The van der Waals surface area contributed by atoms with Crippen LogP contribution in [0.3, 0.4) is 0 Å². The maximum atomic E-state index is 9.66. The summed E-state index contributed by atoms with van der Waals surface area (Å²) in [6, 6.07) is 15.6. The van der Waals surface area contributed by atoms with Crippen molar-refractivity contribution >= 4 is 22.6 Å². The van der Waals surface area contributed by atoms with E-state index in [1.807, 2.05) is 30.3 Å². The molecule has 1 heterocycles. The van der Waals surface area contributed by atoms with E-state index < -0.39 is 0 Å². The Morgan fingerprint density at radius 3 is 2.31 bits per heavy atom. The predicted molar refractivity (Wildman–Crippen MR) is 101 cm³/mol. The third-order valence-electron chi connectivity index (χ3n) is 4.02. The number of hydrogen-bond acceptors (Lipinski definition) is 5. The van der Waals surface area contributed by atoms with Gasteiger partial charge in [-0.3, -0.25) is 4.98 Å². The lowest BCUT2D eigenvalue weighted by atomic mass is 10.0. The van der Waals surface area contributed by atoms with E-state index in [4.69, 9.17) is 14.2 Å². The zero-order chi connectivity index (χ0) is 18.5. The Morgan fingerprint density at radius 1 is 1.00 bits per heavy atom. The summed E-state index contributed by atoms with van der Waals surface area (Å²) >= 11 is 0. The monoisotopic (exact) mass is 346 g/mol. The van der Waals surface area contributed by atoms with E-state index in [0.29, 0.717) is 28.4 Å². The number of nitriles is 1. The number of pyridine rings is 1. The van der Waals surface area contributed by atoms with E-state index in [9.17, 15) is 5.26 Å². The molecule has 2 aromatic carbocycles. The van der Waals surface area contributed by atoms with E-state index in [2.05, 4.69) is 11.1 Å². The van der Waals surface area contributed by atoms with Crippen LogP contribution in [-0.2, 0) is 0 Å². The smallest absolute Gasteiger partial charge is 0.203 e. The standard InChI is InChI=1S/C21H18N2O3/c1-24-19-10-16(11-20(25-2)21(19)26-3)17(12-22)9-14-8-15-6-4-5-7-18(15)23-13-14/h4-11,13H,1-3H3/b17-9+. The van der Waals surface area contributed by atoms with Crippen LogP contribution in [0, 0.1) is 11.3 Å². The molecule has 0 spiro atoms. The fraction of sp³-hybridized carbons (Fsp3) is 0.143. The fourth-order valence-corrected chi connectivity index (χ4v) is 2.75. The van der Waals surface area contributed by atoms with Gasteiger partial charge in [0.05, 0.1) is 38.5 Å². The van der Waals surface area contributed by atoms with Crippen molar-refractivity contribution in [1.82, 2.24) is 4.98 Å². The largest absolute Gasteiger partial charge is 0.493 e. The molecule has 0 fully saturated rings. The number of rotatable bonds is 5. The van der Waals surface area contributed by atoms with Gasteiger partial charge in [0.25, 0.3) is 0 Å². The average molecular weight is 346 g/mol. The minimum atomic E-state index is 0.473. The maximum absolute atomic E-state index is 9.66. The number of benzene rings is 2. The van der Waals surface area contributed by atoms with Gasteiger partial charge in [0.15, 0.2) is 11.5 Å². The van der Waals surface area contributed by atoms with Crippen molar-refractivity contribution in [3.63, 3.8) is 0 Å². The summed E-state index contributed by atoms with van der Waals surface area (Å²) in [6.07, 6.45) is 3.54. The molecule has 5 heteroatoms. The van der Waals surface area contributed by atoms with Gasteiger partial charge < -0.3 is 14.2 Å². The molecule has 3 rings (SSSR count). The lowest BCUT2D eigenvalue weighted by molar-refractivity contribution is 0.324. The fourth-order valence-electron chi connectivity index (χ4n) is 2.75. The predicted octanol–water partition coefficient (Wildman–Crippen LogP) is 4.32. The van der Waals surface area contributed by atoms with E-state index in [0.717, 1.165) is 16.5 Å². The highest BCUT2D eigenvalue weighted by molar-refractivity contribution is 5.92. The number of hydrogen-bond donors (Lipinski definition) is 0. The van der Waals surface area contributed by atoms with E-state index in [-0.39, 0.29) is 0 Å². The zero-order valence-corrected chi connectivity index (χ0v) is 14.8. The van der Waals surface area contributed by atoms with Crippen molar-refractivity contribution in [3.8, 4) is 23.3 Å². The van der Waals surface area contributed by atoms with Crippen molar-refractivity contribution in [2.45, 2.75) is 0 Å². The van der Waals surface area contributed by atoms with Crippen LogP contribution in [0.4, 0.5) is 0 Å². The Kier molecular flexibility index (Phi) is 5.04. The first-order chi connectivity index (χ1) is 12.7. The van der Waals surface area contributed by atoms with Crippen LogP contribution in [0.25, 0.3) is 22.6 Å². The van der Waals surface area contributed by atoms with Gasteiger partial charge in [-0.25, -0.2) is 0 Å². The second kappa shape index (κ2) is 7.58. The van der Waals surface area contributed by atoms with Crippen molar-refractivity contribution in [2.24, 2.45) is 0 Å². The average Bonchev–Trinajstić information content (AvgIpc) is 2.70. The third-order valence-corrected chi connectivity index (χ3v) is 4.02. The molecule has 3 aromatic rings. The molecule has 0 saturated carbocycles. The van der Waals surface area contributed by atoms with Gasteiger partial charge in [-0.15, -0.1) is 0 Å². The summed E-state index contributed by atoms with van der Waals surface area (Å²) in [6.45, 7) is 0. The van der Waals surface area contributed by atoms with Crippen molar-refractivity contribution in [3.05, 3.63) is 59.8 Å². The van der Waals surface area contributed by atoms with Gasteiger partial charge in [0, 0.05) is 11.6 Å². The van der Waals surface area contributed by atoms with Crippen molar-refractivity contribution < 1.29 is 14.2 Å². The van der Waals surface area contributed by atoms with Crippen molar-refractivity contribution in [2.75, 3.05) is 21.3 Å². The molecule has 130 valence electrons. The van der Waals surface area contributed by atoms with Crippen molar-refractivity contribution in [1.29, 1.82) is 5.26 Å². The van der Waals surface area contributed by atoms with E-state index in [1.165, 1.54) is 0 Å². The number of nitrogens with zero attached hydrogens (tertiary/aromatic N) is 2. The minimum Gasteiger partial charge on any atom is -0.493 e. The van der Waals surface area contributed by atoms with Crippen LogP contribution in [0.2, 0.25) is 0 Å².